The summed E-state index contributed by atoms with van der Waals surface area (Å²) in [6.07, 6.45) is 4.00. The zero-order valence-electron chi connectivity index (χ0n) is 11.6. The highest BCUT2D eigenvalue weighted by Crippen LogP contribution is 2.40. The maximum absolute atomic E-state index is 10.1. The highest BCUT2D eigenvalue weighted by atomic mass is 35.5. The van der Waals surface area contributed by atoms with Crippen molar-refractivity contribution in [3.63, 3.8) is 0 Å². The van der Waals surface area contributed by atoms with Gasteiger partial charge in [-0.1, -0.05) is 23.2 Å². The van der Waals surface area contributed by atoms with Crippen molar-refractivity contribution >= 4 is 34.7 Å². The van der Waals surface area contributed by atoms with E-state index in [1.165, 1.54) is 0 Å². The molecule has 0 atom stereocenters. The number of halogens is 2. The fourth-order valence-corrected chi connectivity index (χ4v) is 3.31. The number of aromatic nitrogens is 2. The first-order chi connectivity index (χ1) is 10.6. The van der Waals surface area contributed by atoms with Crippen molar-refractivity contribution in [3.05, 3.63) is 46.2 Å². The number of anilines is 1. The minimum atomic E-state index is 0.105. The zero-order chi connectivity index (χ0) is 15.3. The molecule has 2 aromatic heterocycles. The van der Waals surface area contributed by atoms with Gasteiger partial charge in [-0.05, 0) is 42.7 Å². The number of nitrogens with zero attached hydrogens (tertiary/aromatic N) is 2. The Morgan fingerprint density at radius 3 is 2.95 bits per heavy atom. The van der Waals surface area contributed by atoms with Crippen molar-refractivity contribution in [2.45, 2.75) is 12.8 Å². The summed E-state index contributed by atoms with van der Waals surface area (Å²) in [6.45, 7) is 0.962. The van der Waals surface area contributed by atoms with Crippen molar-refractivity contribution in [3.8, 4) is 16.9 Å². The van der Waals surface area contributed by atoms with Gasteiger partial charge in [-0.15, -0.1) is 0 Å². The Balaban J connectivity index is 1.92. The number of aromatic hydroxyl groups is 1. The summed E-state index contributed by atoms with van der Waals surface area (Å²) >= 11 is 12.3. The molecule has 0 fully saturated rings. The van der Waals surface area contributed by atoms with Gasteiger partial charge in [0.15, 0.2) is 0 Å². The monoisotopic (exact) mass is 333 g/mol. The maximum Gasteiger partial charge on any atom is 0.139 e. The summed E-state index contributed by atoms with van der Waals surface area (Å²) in [7, 11) is 0. The average Bonchev–Trinajstić information content (AvgIpc) is 2.89. The van der Waals surface area contributed by atoms with E-state index in [0.717, 1.165) is 42.1 Å². The van der Waals surface area contributed by atoms with Crippen molar-refractivity contribution in [1.29, 1.82) is 0 Å². The standard InChI is InChI=1S/C16H13Cl2N3O/c17-10-3-4-12(22)14(15(10)18)9-5-7-21-13(8-9)20-11-2-1-6-19-16(11)21/h3-5,7-8,19,22H,1-2,6H2. The van der Waals surface area contributed by atoms with Gasteiger partial charge >= 0.3 is 0 Å². The van der Waals surface area contributed by atoms with Crippen molar-refractivity contribution < 1.29 is 5.11 Å². The van der Waals surface area contributed by atoms with Crippen LogP contribution in [0.3, 0.4) is 0 Å². The summed E-state index contributed by atoms with van der Waals surface area (Å²) in [6, 6.07) is 6.95. The van der Waals surface area contributed by atoms with Crippen molar-refractivity contribution in [2.24, 2.45) is 0 Å². The number of fused-ring (bicyclic) bond motifs is 3. The lowest BCUT2D eigenvalue weighted by atomic mass is 10.1. The van der Waals surface area contributed by atoms with E-state index in [1.807, 2.05) is 22.7 Å². The third-order valence-electron chi connectivity index (χ3n) is 3.94. The van der Waals surface area contributed by atoms with E-state index >= 15 is 0 Å². The SMILES string of the molecule is Oc1ccc(Cl)c(Cl)c1-c1ccn2c3c(nc2c1)CCCN3. The van der Waals surface area contributed by atoms with E-state index in [-0.39, 0.29) is 5.75 Å². The summed E-state index contributed by atoms with van der Waals surface area (Å²) in [5, 5.41) is 14.3. The van der Waals surface area contributed by atoms with Crippen LogP contribution in [-0.4, -0.2) is 21.0 Å². The molecule has 0 radical (unpaired) electrons. The third kappa shape index (κ3) is 2.02. The van der Waals surface area contributed by atoms with E-state index in [0.29, 0.717) is 15.6 Å². The highest BCUT2D eigenvalue weighted by Gasteiger charge is 2.18. The van der Waals surface area contributed by atoms with Gasteiger partial charge in [0.05, 0.1) is 15.7 Å². The Hall–Kier alpha value is -1.91. The number of nitrogens with one attached hydrogen (secondary N) is 1. The first kappa shape index (κ1) is 13.7. The normalized spacial score (nSPS) is 13.9. The zero-order valence-corrected chi connectivity index (χ0v) is 13.1. The quantitative estimate of drug-likeness (QED) is 0.695. The number of aryl methyl sites for hydroxylation is 1. The second kappa shape index (κ2) is 5.07. The van der Waals surface area contributed by atoms with Crippen molar-refractivity contribution in [1.82, 2.24) is 9.38 Å². The van der Waals surface area contributed by atoms with Crippen LogP contribution >= 0.6 is 23.2 Å². The van der Waals surface area contributed by atoms with E-state index in [4.69, 9.17) is 23.2 Å². The number of hydrogen-bond acceptors (Lipinski definition) is 3. The molecule has 0 aliphatic carbocycles. The molecule has 0 saturated heterocycles. The van der Waals surface area contributed by atoms with E-state index in [9.17, 15) is 5.11 Å². The molecule has 0 saturated carbocycles. The van der Waals surface area contributed by atoms with Crippen LogP contribution in [0.5, 0.6) is 5.75 Å². The average molecular weight is 334 g/mol. The second-order valence-electron chi connectivity index (χ2n) is 5.34. The minimum Gasteiger partial charge on any atom is -0.507 e. The number of hydrogen-bond donors (Lipinski definition) is 2. The van der Waals surface area contributed by atoms with Crippen LogP contribution in [0, 0.1) is 0 Å². The molecule has 4 nitrogen and oxygen atoms in total. The van der Waals surface area contributed by atoms with Crippen molar-refractivity contribution in [2.75, 3.05) is 11.9 Å². The van der Waals surface area contributed by atoms with Gasteiger partial charge in [0.25, 0.3) is 0 Å². The molecule has 1 aromatic carbocycles. The van der Waals surface area contributed by atoms with Gasteiger partial charge in [0.1, 0.15) is 17.2 Å². The molecule has 1 aliphatic rings. The summed E-state index contributed by atoms with van der Waals surface area (Å²) in [4.78, 5) is 4.66. The highest BCUT2D eigenvalue weighted by molar-refractivity contribution is 6.44. The molecule has 22 heavy (non-hydrogen) atoms. The van der Waals surface area contributed by atoms with E-state index < -0.39 is 0 Å². The number of imidazole rings is 1. The summed E-state index contributed by atoms with van der Waals surface area (Å²) in [5.41, 5.74) is 3.22. The number of phenolic OH excluding ortho intramolecular Hbond substituents is 1. The molecule has 112 valence electrons. The molecular weight excluding hydrogens is 321 g/mol. The summed E-state index contributed by atoms with van der Waals surface area (Å²) < 4.78 is 2.02. The summed E-state index contributed by atoms with van der Waals surface area (Å²) in [5.74, 6) is 1.16. The lowest BCUT2D eigenvalue weighted by molar-refractivity contribution is 0.477. The Kier molecular flexibility index (Phi) is 3.17. The fraction of sp³-hybridized carbons (Fsp3) is 0.188. The van der Waals surface area contributed by atoms with Gasteiger partial charge < -0.3 is 10.4 Å². The van der Waals surface area contributed by atoms with Crippen LogP contribution < -0.4 is 5.32 Å². The smallest absolute Gasteiger partial charge is 0.139 e. The number of phenols is 1. The molecule has 6 heteroatoms. The number of pyridine rings is 1. The van der Waals surface area contributed by atoms with Crippen LogP contribution in [-0.2, 0) is 6.42 Å². The lowest BCUT2D eigenvalue weighted by Gasteiger charge is -2.13. The lowest BCUT2D eigenvalue weighted by Crippen LogP contribution is -2.12. The first-order valence-corrected chi connectivity index (χ1v) is 7.83. The third-order valence-corrected chi connectivity index (χ3v) is 4.75. The maximum atomic E-state index is 10.1. The molecule has 2 N–H and O–H groups in total. The molecule has 1 aliphatic heterocycles. The Morgan fingerprint density at radius 2 is 2.09 bits per heavy atom. The van der Waals surface area contributed by atoms with Crippen LogP contribution in [0.2, 0.25) is 10.0 Å². The first-order valence-electron chi connectivity index (χ1n) is 7.07. The van der Waals surface area contributed by atoms with Crippen LogP contribution in [0.25, 0.3) is 16.8 Å². The molecule has 3 heterocycles. The largest absolute Gasteiger partial charge is 0.507 e. The second-order valence-corrected chi connectivity index (χ2v) is 6.12. The van der Waals surface area contributed by atoms with Gasteiger partial charge in [0.2, 0.25) is 0 Å². The van der Waals surface area contributed by atoms with Gasteiger partial charge in [-0.2, -0.15) is 0 Å². The molecule has 0 unspecified atom stereocenters. The molecular formula is C16H13Cl2N3O. The van der Waals surface area contributed by atoms with Gasteiger partial charge in [0, 0.05) is 18.3 Å². The predicted molar refractivity (Wildman–Crippen MR) is 89.1 cm³/mol. The molecule has 0 bridgehead atoms. The Bertz CT molecular complexity index is 889. The van der Waals surface area contributed by atoms with Crippen LogP contribution in [0.15, 0.2) is 30.5 Å². The fourth-order valence-electron chi connectivity index (χ4n) is 2.89. The molecule has 3 aromatic rings. The topological polar surface area (TPSA) is 49.6 Å². The van der Waals surface area contributed by atoms with Crippen LogP contribution in [0.1, 0.15) is 12.1 Å². The Labute approximate surface area is 137 Å². The number of benzene rings is 1. The van der Waals surface area contributed by atoms with Gasteiger partial charge in [-0.3, -0.25) is 4.40 Å². The number of rotatable bonds is 1. The molecule has 0 amide bonds. The minimum absolute atomic E-state index is 0.105. The predicted octanol–water partition coefficient (Wildman–Crippen LogP) is 4.37. The van der Waals surface area contributed by atoms with Crippen LogP contribution in [0.4, 0.5) is 5.82 Å². The van der Waals surface area contributed by atoms with Gasteiger partial charge in [-0.25, -0.2) is 4.98 Å². The Morgan fingerprint density at radius 1 is 1.23 bits per heavy atom. The molecule has 0 spiro atoms. The van der Waals surface area contributed by atoms with E-state index in [1.54, 1.807) is 12.1 Å². The van der Waals surface area contributed by atoms with E-state index in [2.05, 4.69) is 10.3 Å². The molecule has 4 rings (SSSR count).